The van der Waals surface area contributed by atoms with E-state index in [-0.39, 0.29) is 5.56 Å². The summed E-state index contributed by atoms with van der Waals surface area (Å²) < 4.78 is 8.58. The molecule has 1 saturated carbocycles. The number of aromatic nitrogens is 2. The Hall–Kier alpha value is -1.82. The van der Waals surface area contributed by atoms with Crippen molar-refractivity contribution in [3.05, 3.63) is 46.5 Å². The Kier molecular flexibility index (Phi) is 3.48. The average molecular weight is 337 g/mol. The zero-order valence-electron chi connectivity index (χ0n) is 10.6. The smallest absolute Gasteiger partial charge is 0.335 e. The fourth-order valence-corrected chi connectivity index (χ4v) is 2.39. The highest BCUT2D eigenvalue weighted by molar-refractivity contribution is 9.10. The highest BCUT2D eigenvalue weighted by Gasteiger charge is 2.25. The van der Waals surface area contributed by atoms with E-state index < -0.39 is 5.97 Å². The number of hydrogen-bond donors (Lipinski definition) is 1. The summed E-state index contributed by atoms with van der Waals surface area (Å²) in [6, 6.07) is 5.28. The number of hydrogen-bond acceptors (Lipinski definition) is 3. The molecule has 1 aromatic heterocycles. The molecule has 20 heavy (non-hydrogen) atoms. The first-order chi connectivity index (χ1) is 9.65. The summed E-state index contributed by atoms with van der Waals surface area (Å²) in [5, 5.41) is 8.99. The van der Waals surface area contributed by atoms with Gasteiger partial charge in [0.05, 0.1) is 28.3 Å². The van der Waals surface area contributed by atoms with Gasteiger partial charge in [-0.15, -0.1) is 0 Å². The van der Waals surface area contributed by atoms with Crippen LogP contribution in [-0.2, 0) is 6.61 Å². The summed E-state index contributed by atoms with van der Waals surface area (Å²) in [4.78, 5) is 15.1. The van der Waals surface area contributed by atoms with Gasteiger partial charge < -0.3 is 14.4 Å². The van der Waals surface area contributed by atoms with Crippen LogP contribution in [0.25, 0.3) is 0 Å². The van der Waals surface area contributed by atoms with Crippen LogP contribution in [0.5, 0.6) is 5.75 Å². The van der Waals surface area contributed by atoms with Gasteiger partial charge >= 0.3 is 5.97 Å². The standard InChI is InChI=1S/C14H13BrN2O3/c15-12-4-1-9(14(18)19)5-13(12)20-7-11-6-16-8-17(11)10-2-3-10/h1,4-6,8,10H,2-3,7H2,(H,18,19). The molecule has 0 saturated heterocycles. The van der Waals surface area contributed by atoms with Crippen LogP contribution in [0.2, 0.25) is 0 Å². The number of carbonyl (C=O) groups is 1. The molecular weight excluding hydrogens is 324 g/mol. The lowest BCUT2D eigenvalue weighted by Crippen LogP contribution is -2.05. The van der Waals surface area contributed by atoms with E-state index in [1.165, 1.54) is 25.0 Å². The Morgan fingerprint density at radius 2 is 2.30 bits per heavy atom. The van der Waals surface area contributed by atoms with E-state index >= 15 is 0 Å². The third kappa shape index (κ3) is 2.70. The molecule has 104 valence electrons. The number of halogens is 1. The minimum atomic E-state index is -0.967. The van der Waals surface area contributed by atoms with Crippen molar-refractivity contribution >= 4 is 21.9 Å². The molecule has 0 unspecified atom stereocenters. The maximum atomic E-state index is 11.0. The van der Waals surface area contributed by atoms with Crippen molar-refractivity contribution in [1.82, 2.24) is 9.55 Å². The fraction of sp³-hybridized carbons (Fsp3) is 0.286. The maximum absolute atomic E-state index is 11.0. The number of ether oxygens (including phenoxy) is 1. The van der Waals surface area contributed by atoms with Crippen LogP contribution in [0.15, 0.2) is 35.2 Å². The SMILES string of the molecule is O=C(O)c1ccc(Br)c(OCc2cncn2C2CC2)c1. The lowest BCUT2D eigenvalue weighted by Gasteiger charge is -2.10. The molecule has 0 aliphatic heterocycles. The van der Waals surface area contributed by atoms with Gasteiger partial charge in [0.1, 0.15) is 12.4 Å². The van der Waals surface area contributed by atoms with Crippen LogP contribution >= 0.6 is 15.9 Å². The summed E-state index contributed by atoms with van der Waals surface area (Å²) in [5.74, 6) is -0.446. The molecule has 3 rings (SSSR count). The van der Waals surface area contributed by atoms with E-state index in [2.05, 4.69) is 25.5 Å². The molecule has 1 N–H and O–H groups in total. The van der Waals surface area contributed by atoms with Gasteiger partial charge in [-0.3, -0.25) is 0 Å². The minimum Gasteiger partial charge on any atom is -0.486 e. The molecule has 1 aliphatic rings. The van der Waals surface area contributed by atoms with Crippen LogP contribution in [0.1, 0.15) is 34.9 Å². The second kappa shape index (κ2) is 5.28. The van der Waals surface area contributed by atoms with Crippen LogP contribution in [0.3, 0.4) is 0 Å². The molecule has 1 fully saturated rings. The molecule has 1 aliphatic carbocycles. The summed E-state index contributed by atoms with van der Waals surface area (Å²) in [6.07, 6.45) is 5.97. The predicted molar refractivity (Wildman–Crippen MR) is 75.9 cm³/mol. The molecule has 5 nitrogen and oxygen atoms in total. The molecule has 1 heterocycles. The first kappa shape index (κ1) is 13.2. The van der Waals surface area contributed by atoms with E-state index in [1.807, 2.05) is 6.33 Å². The highest BCUT2D eigenvalue weighted by atomic mass is 79.9. The van der Waals surface area contributed by atoms with Crippen molar-refractivity contribution in [3.8, 4) is 5.75 Å². The Balaban J connectivity index is 1.75. The zero-order valence-corrected chi connectivity index (χ0v) is 12.2. The number of benzene rings is 1. The van der Waals surface area contributed by atoms with E-state index in [0.717, 1.165) is 10.2 Å². The topological polar surface area (TPSA) is 64.3 Å². The third-order valence-electron chi connectivity index (χ3n) is 3.24. The molecule has 6 heteroatoms. The molecule has 0 bridgehead atoms. The van der Waals surface area contributed by atoms with E-state index in [1.54, 1.807) is 12.3 Å². The maximum Gasteiger partial charge on any atom is 0.335 e. The van der Waals surface area contributed by atoms with Crippen molar-refractivity contribution in [2.45, 2.75) is 25.5 Å². The lowest BCUT2D eigenvalue weighted by atomic mass is 10.2. The Bertz CT molecular complexity index is 650. The van der Waals surface area contributed by atoms with Gasteiger partial charge in [-0.1, -0.05) is 0 Å². The summed E-state index contributed by atoms with van der Waals surface area (Å²) in [6.45, 7) is 0.373. The highest BCUT2D eigenvalue weighted by Crippen LogP contribution is 2.36. The number of rotatable bonds is 5. The van der Waals surface area contributed by atoms with Crippen molar-refractivity contribution in [2.24, 2.45) is 0 Å². The monoisotopic (exact) mass is 336 g/mol. The van der Waals surface area contributed by atoms with Gasteiger partial charge in [0.15, 0.2) is 0 Å². The number of imidazole rings is 1. The number of carboxylic acids is 1. The van der Waals surface area contributed by atoms with Crippen LogP contribution in [0.4, 0.5) is 0 Å². The van der Waals surface area contributed by atoms with Gasteiger partial charge in [-0.25, -0.2) is 9.78 Å². The van der Waals surface area contributed by atoms with Crippen LogP contribution < -0.4 is 4.74 Å². The number of aromatic carboxylic acids is 1. The number of nitrogens with zero attached hydrogens (tertiary/aromatic N) is 2. The lowest BCUT2D eigenvalue weighted by molar-refractivity contribution is 0.0696. The molecule has 0 atom stereocenters. The third-order valence-corrected chi connectivity index (χ3v) is 3.90. The van der Waals surface area contributed by atoms with Gasteiger partial charge in [0.2, 0.25) is 0 Å². The molecule has 2 aromatic rings. The normalized spacial score (nSPS) is 14.2. The molecule has 0 radical (unpaired) electrons. The van der Waals surface area contributed by atoms with E-state index in [0.29, 0.717) is 18.4 Å². The second-order valence-electron chi connectivity index (χ2n) is 4.76. The van der Waals surface area contributed by atoms with E-state index in [4.69, 9.17) is 9.84 Å². The van der Waals surface area contributed by atoms with Gasteiger partial charge in [0, 0.05) is 6.04 Å². The van der Waals surface area contributed by atoms with Crippen molar-refractivity contribution in [2.75, 3.05) is 0 Å². The fourth-order valence-electron chi connectivity index (χ4n) is 2.02. The molecule has 0 amide bonds. The average Bonchev–Trinajstić information content (AvgIpc) is 3.17. The molecule has 0 spiro atoms. The minimum absolute atomic E-state index is 0.207. The molecular formula is C14H13BrN2O3. The Morgan fingerprint density at radius 1 is 1.50 bits per heavy atom. The van der Waals surface area contributed by atoms with E-state index in [9.17, 15) is 4.79 Å². The Morgan fingerprint density at radius 3 is 3.00 bits per heavy atom. The second-order valence-corrected chi connectivity index (χ2v) is 5.62. The summed E-state index contributed by atoms with van der Waals surface area (Å²) >= 11 is 3.36. The zero-order chi connectivity index (χ0) is 14.1. The van der Waals surface area contributed by atoms with Crippen molar-refractivity contribution in [1.29, 1.82) is 0 Å². The molecule has 1 aromatic carbocycles. The number of carboxylic acid groups (broad SMARTS) is 1. The first-order valence-corrected chi connectivity index (χ1v) is 7.11. The Labute approximate surface area is 124 Å². The van der Waals surface area contributed by atoms with Gasteiger partial charge in [-0.05, 0) is 47.0 Å². The quantitative estimate of drug-likeness (QED) is 0.910. The van der Waals surface area contributed by atoms with Crippen molar-refractivity contribution < 1.29 is 14.6 Å². The van der Waals surface area contributed by atoms with Gasteiger partial charge in [0.25, 0.3) is 0 Å². The summed E-state index contributed by atoms with van der Waals surface area (Å²) in [7, 11) is 0. The summed E-state index contributed by atoms with van der Waals surface area (Å²) in [5.41, 5.74) is 1.21. The van der Waals surface area contributed by atoms with Gasteiger partial charge in [-0.2, -0.15) is 0 Å². The van der Waals surface area contributed by atoms with Crippen LogP contribution in [0, 0.1) is 0 Å². The van der Waals surface area contributed by atoms with Crippen LogP contribution in [-0.4, -0.2) is 20.6 Å². The van der Waals surface area contributed by atoms with Crippen molar-refractivity contribution in [3.63, 3.8) is 0 Å². The first-order valence-electron chi connectivity index (χ1n) is 6.31. The largest absolute Gasteiger partial charge is 0.486 e. The predicted octanol–water partition coefficient (Wildman–Crippen LogP) is 3.26.